The second-order valence-electron chi connectivity index (χ2n) is 4.72. The minimum absolute atomic E-state index is 0.0725. The van der Waals surface area contributed by atoms with Crippen LogP contribution in [0, 0.1) is 12.8 Å². The van der Waals surface area contributed by atoms with Crippen molar-refractivity contribution in [3.8, 4) is 5.75 Å². The van der Waals surface area contributed by atoms with Gasteiger partial charge in [-0.1, -0.05) is 0 Å². The van der Waals surface area contributed by atoms with Crippen molar-refractivity contribution in [2.45, 2.75) is 26.9 Å². The highest BCUT2D eigenvalue weighted by atomic mass is 16.5. The predicted octanol–water partition coefficient (Wildman–Crippen LogP) is 0.659. The summed E-state index contributed by atoms with van der Waals surface area (Å²) in [6.45, 7) is 5.56. The molecule has 1 aromatic carbocycles. The molecule has 2 N–H and O–H groups in total. The summed E-state index contributed by atoms with van der Waals surface area (Å²) >= 11 is 0. The first-order valence-corrected chi connectivity index (χ1v) is 6.29. The van der Waals surface area contributed by atoms with Crippen LogP contribution in [0.2, 0.25) is 0 Å². The lowest BCUT2D eigenvalue weighted by Crippen LogP contribution is -2.28. The molecule has 0 fully saturated rings. The lowest BCUT2D eigenvalue weighted by Gasteiger charge is -2.20. The second kappa shape index (κ2) is 5.23. The van der Waals surface area contributed by atoms with Crippen LogP contribution >= 0.6 is 0 Å². The number of aryl methyl sites for hydroxylation is 1. The van der Waals surface area contributed by atoms with Crippen LogP contribution in [0.4, 0.5) is 0 Å². The van der Waals surface area contributed by atoms with Gasteiger partial charge in [0, 0.05) is 0 Å². The highest BCUT2D eigenvalue weighted by Crippen LogP contribution is 2.34. The smallest absolute Gasteiger partial charge is 0.492 e. The van der Waals surface area contributed by atoms with Crippen LogP contribution in [0.25, 0.3) is 0 Å². The molecule has 0 amide bonds. The van der Waals surface area contributed by atoms with Gasteiger partial charge in [0.1, 0.15) is 5.75 Å². The highest BCUT2D eigenvalue weighted by Gasteiger charge is 2.41. The molecular formula is C13H17BO5. The molecule has 0 spiro atoms. The van der Waals surface area contributed by atoms with Crippen molar-refractivity contribution in [2.24, 2.45) is 5.92 Å². The van der Waals surface area contributed by atoms with Crippen LogP contribution in [0.1, 0.15) is 31.1 Å². The van der Waals surface area contributed by atoms with Gasteiger partial charge in [0.05, 0.1) is 18.6 Å². The molecule has 2 unspecified atom stereocenters. The number of fused-ring (bicyclic) bond motifs is 1. The van der Waals surface area contributed by atoms with E-state index in [4.69, 9.17) is 9.39 Å². The van der Waals surface area contributed by atoms with Crippen LogP contribution in [-0.4, -0.2) is 29.8 Å². The number of rotatable bonds is 3. The molecule has 2 rings (SSSR count). The molecule has 1 aliphatic heterocycles. The zero-order valence-electron chi connectivity index (χ0n) is 11.2. The molecule has 0 aromatic heterocycles. The Balaban J connectivity index is 2.36. The van der Waals surface area contributed by atoms with Gasteiger partial charge in [-0.15, -0.1) is 0 Å². The molecular weight excluding hydrogens is 247 g/mol. The molecule has 1 heterocycles. The maximum absolute atomic E-state index is 11.8. The second-order valence-corrected chi connectivity index (χ2v) is 4.72. The molecule has 0 aliphatic carbocycles. The van der Waals surface area contributed by atoms with Crippen molar-refractivity contribution in [3.05, 3.63) is 23.3 Å². The molecule has 19 heavy (non-hydrogen) atoms. The Bertz CT molecular complexity index is 502. The Kier molecular flexibility index (Phi) is 3.82. The SMILES string of the molecule is CCOC(=O)C(C)C1OB(O)c2cc(O)cc(C)c21. The highest BCUT2D eigenvalue weighted by molar-refractivity contribution is 6.62. The van der Waals surface area contributed by atoms with E-state index >= 15 is 0 Å². The lowest BCUT2D eigenvalue weighted by atomic mass is 9.77. The average molecular weight is 264 g/mol. The van der Waals surface area contributed by atoms with Crippen LogP contribution in [0.5, 0.6) is 5.75 Å². The summed E-state index contributed by atoms with van der Waals surface area (Å²) in [5, 5.41) is 19.4. The van der Waals surface area contributed by atoms with E-state index in [-0.39, 0.29) is 11.7 Å². The monoisotopic (exact) mass is 264 g/mol. The van der Waals surface area contributed by atoms with Gasteiger partial charge < -0.3 is 19.5 Å². The molecule has 0 saturated carbocycles. The first-order valence-electron chi connectivity index (χ1n) is 6.29. The molecule has 1 aliphatic rings. The van der Waals surface area contributed by atoms with Gasteiger partial charge in [-0.05, 0) is 49.5 Å². The van der Waals surface area contributed by atoms with E-state index in [2.05, 4.69) is 0 Å². The van der Waals surface area contributed by atoms with Gasteiger partial charge in [-0.25, -0.2) is 0 Å². The lowest BCUT2D eigenvalue weighted by molar-refractivity contribution is -0.150. The summed E-state index contributed by atoms with van der Waals surface area (Å²) in [6.07, 6.45) is -0.551. The number of carbonyl (C=O) groups excluding carboxylic acids is 1. The maximum Gasteiger partial charge on any atom is 0.492 e. The normalized spacial score (nSPS) is 19.2. The van der Waals surface area contributed by atoms with Gasteiger partial charge >= 0.3 is 13.1 Å². The van der Waals surface area contributed by atoms with Gasteiger partial charge in [-0.2, -0.15) is 0 Å². The van der Waals surface area contributed by atoms with Crippen LogP contribution < -0.4 is 5.46 Å². The van der Waals surface area contributed by atoms with E-state index in [1.54, 1.807) is 19.9 Å². The molecule has 6 heteroatoms. The Hall–Kier alpha value is -1.53. The molecule has 102 valence electrons. The van der Waals surface area contributed by atoms with Gasteiger partial charge in [0.2, 0.25) is 0 Å². The fourth-order valence-electron chi connectivity index (χ4n) is 2.44. The third kappa shape index (κ3) is 2.46. The van der Waals surface area contributed by atoms with Crippen molar-refractivity contribution in [3.63, 3.8) is 0 Å². The predicted molar refractivity (Wildman–Crippen MR) is 70.1 cm³/mol. The standard InChI is InChI=1S/C13H17BO5/c1-4-18-13(16)8(3)12-11-7(2)5-9(15)6-10(11)14(17)19-12/h5-6,8,12,15,17H,4H2,1-3H3. The minimum Gasteiger partial charge on any atom is -0.508 e. The van der Waals surface area contributed by atoms with Crippen molar-refractivity contribution >= 4 is 18.6 Å². The van der Waals surface area contributed by atoms with Gasteiger partial charge in [0.15, 0.2) is 0 Å². The van der Waals surface area contributed by atoms with Crippen LogP contribution in [0.15, 0.2) is 12.1 Å². The number of phenolic OH excluding ortho intramolecular Hbond substituents is 1. The first kappa shape index (κ1) is 13.9. The van der Waals surface area contributed by atoms with E-state index in [1.807, 2.05) is 6.92 Å². The maximum atomic E-state index is 11.8. The van der Waals surface area contributed by atoms with E-state index in [1.165, 1.54) is 6.07 Å². The summed E-state index contributed by atoms with van der Waals surface area (Å²) < 4.78 is 10.4. The molecule has 1 aromatic rings. The van der Waals surface area contributed by atoms with E-state index in [0.717, 1.165) is 11.1 Å². The number of aromatic hydroxyl groups is 1. The summed E-state index contributed by atoms with van der Waals surface area (Å²) in [6, 6.07) is 3.05. The number of esters is 1. The number of hydrogen-bond donors (Lipinski definition) is 2. The summed E-state index contributed by atoms with van der Waals surface area (Å²) in [5.41, 5.74) is 2.05. The van der Waals surface area contributed by atoms with Gasteiger partial charge in [-0.3, -0.25) is 4.79 Å². The number of hydrogen-bond acceptors (Lipinski definition) is 5. The Labute approximate surface area is 112 Å². The summed E-state index contributed by atoms with van der Waals surface area (Å²) in [5.74, 6) is -0.803. The van der Waals surface area contributed by atoms with Crippen molar-refractivity contribution < 1.29 is 24.3 Å². The molecule has 0 radical (unpaired) electrons. The fraction of sp³-hybridized carbons (Fsp3) is 0.462. The largest absolute Gasteiger partial charge is 0.508 e. The van der Waals surface area contributed by atoms with Crippen LogP contribution in [-0.2, 0) is 14.2 Å². The number of carbonyl (C=O) groups is 1. The van der Waals surface area contributed by atoms with Crippen molar-refractivity contribution in [1.82, 2.24) is 0 Å². The Morgan fingerprint density at radius 1 is 1.58 bits per heavy atom. The number of ether oxygens (including phenoxy) is 1. The summed E-state index contributed by atoms with van der Waals surface area (Å²) in [7, 11) is -1.12. The average Bonchev–Trinajstić information content (AvgIpc) is 2.66. The number of benzene rings is 1. The minimum atomic E-state index is -1.12. The number of phenols is 1. The van der Waals surface area contributed by atoms with Crippen LogP contribution in [0.3, 0.4) is 0 Å². The molecule has 0 saturated heterocycles. The first-order chi connectivity index (χ1) is 8.95. The van der Waals surface area contributed by atoms with E-state index in [9.17, 15) is 14.9 Å². The zero-order chi connectivity index (χ0) is 14.2. The molecule has 2 atom stereocenters. The third-order valence-corrected chi connectivity index (χ3v) is 3.34. The Morgan fingerprint density at radius 3 is 2.89 bits per heavy atom. The fourth-order valence-corrected chi connectivity index (χ4v) is 2.44. The third-order valence-electron chi connectivity index (χ3n) is 3.34. The molecule has 5 nitrogen and oxygen atoms in total. The summed E-state index contributed by atoms with van der Waals surface area (Å²) in [4.78, 5) is 11.8. The topological polar surface area (TPSA) is 76.0 Å². The van der Waals surface area contributed by atoms with Crippen molar-refractivity contribution in [2.75, 3.05) is 6.61 Å². The quantitative estimate of drug-likeness (QED) is 0.619. The zero-order valence-corrected chi connectivity index (χ0v) is 11.2. The van der Waals surface area contributed by atoms with E-state index in [0.29, 0.717) is 12.1 Å². The molecule has 0 bridgehead atoms. The van der Waals surface area contributed by atoms with Gasteiger partial charge in [0.25, 0.3) is 0 Å². The van der Waals surface area contributed by atoms with E-state index < -0.39 is 19.1 Å². The Morgan fingerprint density at radius 2 is 2.26 bits per heavy atom. The van der Waals surface area contributed by atoms with Crippen molar-refractivity contribution in [1.29, 1.82) is 0 Å².